The first-order chi connectivity index (χ1) is 10.6. The summed E-state index contributed by atoms with van der Waals surface area (Å²) in [5.74, 6) is -0.813. The van der Waals surface area contributed by atoms with E-state index in [2.05, 4.69) is 15.3 Å². The molecule has 9 heteroatoms. The summed E-state index contributed by atoms with van der Waals surface area (Å²) >= 11 is 9.99. The molecule has 5 nitrogen and oxygen atoms in total. The molecule has 1 aromatic carbocycles. The molecule has 22 heavy (non-hydrogen) atoms. The molecule has 2 heterocycles. The number of hydrogen-bond donors (Lipinski definition) is 2. The van der Waals surface area contributed by atoms with E-state index in [0.29, 0.717) is 11.0 Å². The highest BCUT2D eigenvalue weighted by Crippen LogP contribution is 2.31. The summed E-state index contributed by atoms with van der Waals surface area (Å²) in [6, 6.07) is 5.90. The van der Waals surface area contributed by atoms with Crippen LogP contribution in [0.1, 0.15) is 4.88 Å². The van der Waals surface area contributed by atoms with Crippen molar-refractivity contribution in [1.82, 2.24) is 9.97 Å². The second kappa shape index (κ2) is 6.82. The van der Waals surface area contributed by atoms with Gasteiger partial charge in [-0.25, -0.2) is 9.97 Å². The Morgan fingerprint density at radius 1 is 1.41 bits per heavy atom. The molecular formula is C13H10ClN3O2S3. The maximum atomic E-state index is 10.6. The van der Waals surface area contributed by atoms with E-state index in [4.69, 9.17) is 16.7 Å². The quantitative estimate of drug-likeness (QED) is 0.632. The highest BCUT2D eigenvalue weighted by Gasteiger charge is 2.08. The third-order valence-corrected chi connectivity index (χ3v) is 5.94. The summed E-state index contributed by atoms with van der Waals surface area (Å²) in [5.41, 5.74) is 1.86. The van der Waals surface area contributed by atoms with Gasteiger partial charge < -0.3 is 10.4 Å². The number of nitrogens with zero attached hydrogens (tertiary/aromatic N) is 2. The van der Waals surface area contributed by atoms with Crippen molar-refractivity contribution in [2.75, 3.05) is 11.1 Å². The molecule has 0 spiro atoms. The highest BCUT2D eigenvalue weighted by molar-refractivity contribution is 8.01. The van der Waals surface area contributed by atoms with Gasteiger partial charge in [0.25, 0.3) is 0 Å². The van der Waals surface area contributed by atoms with Crippen LogP contribution in [-0.2, 0) is 11.3 Å². The third kappa shape index (κ3) is 3.89. The Hall–Kier alpha value is -1.35. The Bertz CT molecular complexity index is 818. The third-order valence-electron chi connectivity index (χ3n) is 2.68. The molecule has 0 aliphatic carbocycles. The fraction of sp³-hybridized carbons (Fsp3) is 0.154. The first-order valence-electron chi connectivity index (χ1n) is 6.19. The summed E-state index contributed by atoms with van der Waals surface area (Å²) in [4.78, 5) is 20.1. The van der Waals surface area contributed by atoms with Gasteiger partial charge in [-0.15, -0.1) is 22.7 Å². The van der Waals surface area contributed by atoms with Crippen LogP contribution >= 0.6 is 46.0 Å². The molecule has 114 valence electrons. The molecule has 0 atom stereocenters. The molecule has 0 amide bonds. The van der Waals surface area contributed by atoms with Crippen LogP contribution in [0, 0.1) is 0 Å². The van der Waals surface area contributed by atoms with Crippen LogP contribution in [0.4, 0.5) is 5.69 Å². The number of carbonyl (C=O) groups is 1. The van der Waals surface area contributed by atoms with Crippen LogP contribution in [0.5, 0.6) is 0 Å². The van der Waals surface area contributed by atoms with Crippen molar-refractivity contribution in [2.45, 2.75) is 10.9 Å². The Kier molecular flexibility index (Phi) is 4.82. The van der Waals surface area contributed by atoms with Gasteiger partial charge in [0.1, 0.15) is 0 Å². The van der Waals surface area contributed by atoms with E-state index in [0.717, 1.165) is 25.1 Å². The van der Waals surface area contributed by atoms with Gasteiger partial charge >= 0.3 is 5.97 Å². The lowest BCUT2D eigenvalue weighted by atomic mass is 10.3. The molecule has 0 saturated carbocycles. The molecule has 0 bridgehead atoms. The minimum absolute atomic E-state index is 0.0249. The maximum Gasteiger partial charge on any atom is 0.313 e. The minimum atomic E-state index is -0.838. The second-order valence-corrected chi connectivity index (χ2v) is 8.23. The van der Waals surface area contributed by atoms with E-state index >= 15 is 0 Å². The smallest absolute Gasteiger partial charge is 0.313 e. The summed E-state index contributed by atoms with van der Waals surface area (Å²) < 4.78 is 2.33. The van der Waals surface area contributed by atoms with Gasteiger partial charge in [0.15, 0.2) is 8.81 Å². The number of nitrogens with one attached hydrogen (secondary N) is 1. The number of thioether (sulfide) groups is 1. The molecule has 3 aromatic rings. The van der Waals surface area contributed by atoms with Crippen LogP contribution in [0.25, 0.3) is 10.2 Å². The van der Waals surface area contributed by atoms with Crippen LogP contribution in [0.15, 0.2) is 28.7 Å². The lowest BCUT2D eigenvalue weighted by Gasteiger charge is -2.03. The predicted molar refractivity (Wildman–Crippen MR) is 92.4 cm³/mol. The number of aromatic nitrogens is 2. The van der Waals surface area contributed by atoms with Crippen molar-refractivity contribution < 1.29 is 9.90 Å². The first-order valence-corrected chi connectivity index (χ1v) is 9.19. The fourth-order valence-electron chi connectivity index (χ4n) is 1.75. The summed E-state index contributed by atoms with van der Waals surface area (Å²) in [6.45, 7) is 0.662. The fourth-order valence-corrected chi connectivity index (χ4v) is 4.50. The number of rotatable bonds is 6. The zero-order chi connectivity index (χ0) is 15.5. The number of hydrogen-bond acceptors (Lipinski definition) is 7. The van der Waals surface area contributed by atoms with Gasteiger partial charge in [-0.1, -0.05) is 23.4 Å². The van der Waals surface area contributed by atoms with Gasteiger partial charge in [0.05, 0.1) is 22.5 Å². The van der Waals surface area contributed by atoms with E-state index in [1.165, 1.54) is 34.4 Å². The van der Waals surface area contributed by atoms with Crippen LogP contribution in [-0.4, -0.2) is 26.8 Å². The molecule has 2 aromatic heterocycles. The van der Waals surface area contributed by atoms with E-state index in [9.17, 15) is 4.79 Å². The Labute approximate surface area is 143 Å². The number of carboxylic acid groups (broad SMARTS) is 1. The molecule has 2 N–H and O–H groups in total. The van der Waals surface area contributed by atoms with Crippen LogP contribution in [0.2, 0.25) is 4.47 Å². The second-order valence-electron chi connectivity index (χ2n) is 4.28. The maximum absolute atomic E-state index is 10.6. The van der Waals surface area contributed by atoms with Crippen molar-refractivity contribution in [3.05, 3.63) is 33.7 Å². The number of fused-ring (bicyclic) bond motifs is 1. The number of halogens is 1. The molecule has 0 fully saturated rings. The van der Waals surface area contributed by atoms with Gasteiger partial charge in [-0.05, 0) is 18.2 Å². The molecule has 0 radical (unpaired) electrons. The van der Waals surface area contributed by atoms with Crippen molar-refractivity contribution in [3.63, 3.8) is 0 Å². The van der Waals surface area contributed by atoms with Gasteiger partial charge in [-0.2, -0.15) is 0 Å². The minimum Gasteiger partial charge on any atom is -0.481 e. The van der Waals surface area contributed by atoms with E-state index < -0.39 is 5.97 Å². The number of benzene rings is 1. The van der Waals surface area contributed by atoms with Crippen LogP contribution < -0.4 is 5.32 Å². The summed E-state index contributed by atoms with van der Waals surface area (Å²) in [7, 11) is 0. The molecule has 0 aliphatic heterocycles. The Morgan fingerprint density at radius 2 is 2.27 bits per heavy atom. The zero-order valence-corrected chi connectivity index (χ0v) is 14.3. The summed E-state index contributed by atoms with van der Waals surface area (Å²) in [6.07, 6.45) is 1.76. The molecule has 0 unspecified atom stereocenters. The lowest BCUT2D eigenvalue weighted by Crippen LogP contribution is -1.96. The Morgan fingerprint density at radius 3 is 3.00 bits per heavy atom. The van der Waals surface area contributed by atoms with E-state index in [-0.39, 0.29) is 5.75 Å². The summed E-state index contributed by atoms with van der Waals surface area (Å²) in [5, 5.41) is 12.0. The monoisotopic (exact) mass is 371 g/mol. The number of aliphatic carboxylic acids is 1. The van der Waals surface area contributed by atoms with E-state index in [1.807, 2.05) is 18.2 Å². The molecule has 0 saturated heterocycles. The zero-order valence-electron chi connectivity index (χ0n) is 11.1. The van der Waals surface area contributed by atoms with Gasteiger partial charge in [0.2, 0.25) is 0 Å². The Balaban J connectivity index is 1.70. The average molecular weight is 372 g/mol. The normalized spacial score (nSPS) is 11.0. The van der Waals surface area contributed by atoms with Crippen molar-refractivity contribution in [1.29, 1.82) is 0 Å². The molecular weight excluding hydrogens is 362 g/mol. The standard InChI is InChI=1S/C13H10ClN3O2S3/c14-12-16-5-8(21-12)4-15-7-1-2-9-10(3-7)22-13(17-9)20-6-11(18)19/h1-3,5,15H,4,6H2,(H,18,19). The predicted octanol–water partition coefficient (Wildman–Crippen LogP) is 4.20. The number of thiazole rings is 2. The van der Waals surface area contributed by atoms with Crippen molar-refractivity contribution in [3.8, 4) is 0 Å². The molecule has 0 aliphatic rings. The highest BCUT2D eigenvalue weighted by atomic mass is 35.5. The van der Waals surface area contributed by atoms with Crippen molar-refractivity contribution in [2.24, 2.45) is 0 Å². The lowest BCUT2D eigenvalue weighted by molar-refractivity contribution is -0.133. The number of anilines is 1. The molecule has 3 rings (SSSR count). The topological polar surface area (TPSA) is 75.1 Å². The average Bonchev–Trinajstić information content (AvgIpc) is 3.08. The van der Waals surface area contributed by atoms with E-state index in [1.54, 1.807) is 6.20 Å². The first kappa shape index (κ1) is 15.5. The SMILES string of the molecule is O=C(O)CSc1nc2ccc(NCc3cnc(Cl)s3)cc2s1. The van der Waals surface area contributed by atoms with Gasteiger partial charge in [-0.3, -0.25) is 4.79 Å². The van der Waals surface area contributed by atoms with Crippen molar-refractivity contribution >= 4 is 67.9 Å². The van der Waals surface area contributed by atoms with Crippen LogP contribution in [0.3, 0.4) is 0 Å². The number of carboxylic acids is 1. The van der Waals surface area contributed by atoms with Gasteiger partial charge in [0, 0.05) is 16.8 Å². The largest absolute Gasteiger partial charge is 0.481 e.